The van der Waals surface area contributed by atoms with Crippen molar-refractivity contribution < 1.29 is 9.84 Å². The number of methoxy groups -OCH3 is 1. The largest absolute Gasteiger partial charge is 0.496 e. The number of aliphatic hydroxyl groups is 1. The minimum absolute atomic E-state index is 0.148. The van der Waals surface area contributed by atoms with Gasteiger partial charge >= 0.3 is 0 Å². The van der Waals surface area contributed by atoms with Gasteiger partial charge in [0, 0.05) is 6.42 Å². The molecule has 1 aliphatic carbocycles. The number of benzene rings is 1. The van der Waals surface area contributed by atoms with Crippen molar-refractivity contribution in [3.63, 3.8) is 0 Å². The normalized spacial score (nSPS) is 19.2. The van der Waals surface area contributed by atoms with Crippen molar-refractivity contribution in [2.45, 2.75) is 39.2 Å². The van der Waals surface area contributed by atoms with E-state index in [2.05, 4.69) is 19.9 Å². The summed E-state index contributed by atoms with van der Waals surface area (Å²) in [4.78, 5) is 0. The van der Waals surface area contributed by atoms with Crippen molar-refractivity contribution in [1.29, 1.82) is 0 Å². The molecule has 0 bridgehead atoms. The molecule has 1 unspecified atom stereocenters. The number of hydrogen-bond donors (Lipinski definition) is 1. The van der Waals surface area contributed by atoms with Crippen LogP contribution in [0.4, 0.5) is 0 Å². The van der Waals surface area contributed by atoms with Crippen molar-refractivity contribution in [2.75, 3.05) is 7.11 Å². The summed E-state index contributed by atoms with van der Waals surface area (Å²) in [6, 6.07) is 6.12. The molecular formula is C14H20O2. The summed E-state index contributed by atoms with van der Waals surface area (Å²) in [5.41, 5.74) is 2.47. The third-order valence-corrected chi connectivity index (χ3v) is 3.69. The molecule has 2 nitrogen and oxygen atoms in total. The smallest absolute Gasteiger partial charge is 0.122 e. The first-order valence-electron chi connectivity index (χ1n) is 5.87. The highest BCUT2D eigenvalue weighted by atomic mass is 16.5. The third kappa shape index (κ3) is 2.22. The van der Waals surface area contributed by atoms with Gasteiger partial charge in [0.25, 0.3) is 0 Å². The molecule has 0 radical (unpaired) electrons. The Labute approximate surface area is 97.3 Å². The zero-order valence-electron chi connectivity index (χ0n) is 10.3. The van der Waals surface area contributed by atoms with E-state index in [1.54, 1.807) is 7.11 Å². The first kappa shape index (κ1) is 11.5. The monoisotopic (exact) mass is 220 g/mol. The van der Waals surface area contributed by atoms with Crippen LogP contribution in [0.15, 0.2) is 18.2 Å². The van der Waals surface area contributed by atoms with Crippen LogP contribution in [0, 0.1) is 12.3 Å². The van der Waals surface area contributed by atoms with Crippen molar-refractivity contribution in [3.05, 3.63) is 29.3 Å². The quantitative estimate of drug-likeness (QED) is 0.845. The van der Waals surface area contributed by atoms with Crippen molar-refractivity contribution in [3.8, 4) is 5.75 Å². The Morgan fingerprint density at radius 2 is 2.12 bits per heavy atom. The van der Waals surface area contributed by atoms with E-state index in [9.17, 15) is 5.11 Å². The molecule has 1 aliphatic rings. The van der Waals surface area contributed by atoms with Gasteiger partial charge in [0.15, 0.2) is 0 Å². The topological polar surface area (TPSA) is 29.5 Å². The molecule has 0 saturated heterocycles. The molecular weight excluding hydrogens is 200 g/mol. The highest BCUT2D eigenvalue weighted by Crippen LogP contribution is 2.49. The van der Waals surface area contributed by atoms with E-state index >= 15 is 0 Å². The Kier molecular flexibility index (Phi) is 2.94. The van der Waals surface area contributed by atoms with E-state index in [1.807, 2.05) is 12.1 Å². The maximum Gasteiger partial charge on any atom is 0.122 e. The Bertz CT molecular complexity index is 380. The number of rotatable bonds is 4. The molecule has 88 valence electrons. The fraction of sp³-hybridized carbons (Fsp3) is 0.571. The maximum absolute atomic E-state index is 10.2. The zero-order chi connectivity index (χ0) is 11.8. The highest BCUT2D eigenvalue weighted by molar-refractivity contribution is 5.37. The maximum atomic E-state index is 10.2. The lowest BCUT2D eigenvalue weighted by molar-refractivity contribution is 0.102. The summed E-state index contributed by atoms with van der Waals surface area (Å²) in [7, 11) is 1.68. The van der Waals surface area contributed by atoms with Gasteiger partial charge in [-0.05, 0) is 36.8 Å². The first-order chi connectivity index (χ1) is 7.55. The Hall–Kier alpha value is -1.02. The van der Waals surface area contributed by atoms with E-state index in [-0.39, 0.29) is 11.5 Å². The third-order valence-electron chi connectivity index (χ3n) is 3.69. The van der Waals surface area contributed by atoms with E-state index in [4.69, 9.17) is 4.74 Å². The van der Waals surface area contributed by atoms with Crippen LogP contribution < -0.4 is 4.74 Å². The second-order valence-corrected chi connectivity index (χ2v) is 5.19. The molecule has 1 aromatic rings. The van der Waals surface area contributed by atoms with E-state index < -0.39 is 0 Å². The average molecular weight is 220 g/mol. The van der Waals surface area contributed by atoms with Crippen LogP contribution in [-0.2, 0) is 6.42 Å². The molecule has 0 aliphatic heterocycles. The number of aliphatic hydroxyl groups excluding tert-OH is 1. The molecule has 1 fully saturated rings. The highest BCUT2D eigenvalue weighted by Gasteiger charge is 2.44. The summed E-state index contributed by atoms with van der Waals surface area (Å²) < 4.78 is 5.32. The number of hydrogen-bond acceptors (Lipinski definition) is 2. The number of aryl methyl sites for hydroxylation is 1. The number of ether oxygens (including phenoxy) is 1. The van der Waals surface area contributed by atoms with Crippen LogP contribution in [0.3, 0.4) is 0 Å². The molecule has 1 N–H and O–H groups in total. The van der Waals surface area contributed by atoms with Gasteiger partial charge in [-0.2, -0.15) is 0 Å². The molecule has 0 amide bonds. The van der Waals surface area contributed by atoms with Crippen LogP contribution in [0.1, 0.15) is 30.9 Å². The second kappa shape index (κ2) is 4.10. The average Bonchev–Trinajstić information content (AvgIpc) is 2.98. The lowest BCUT2D eigenvalue weighted by Crippen LogP contribution is -2.21. The molecule has 0 spiro atoms. The Balaban J connectivity index is 2.16. The SMILES string of the molecule is COc1ccc(C)cc1CC(O)C1(C)CC1. The van der Waals surface area contributed by atoms with E-state index in [0.29, 0.717) is 6.42 Å². The minimum atomic E-state index is -0.247. The lowest BCUT2D eigenvalue weighted by Gasteiger charge is -2.19. The Morgan fingerprint density at radius 1 is 1.44 bits per heavy atom. The predicted molar refractivity (Wildman–Crippen MR) is 64.8 cm³/mol. The fourth-order valence-corrected chi connectivity index (χ4v) is 2.05. The van der Waals surface area contributed by atoms with Gasteiger partial charge in [-0.25, -0.2) is 0 Å². The van der Waals surface area contributed by atoms with Gasteiger partial charge in [-0.15, -0.1) is 0 Å². The summed E-state index contributed by atoms with van der Waals surface area (Å²) in [6.07, 6.45) is 2.73. The standard InChI is InChI=1S/C14H20O2/c1-10-4-5-12(16-3)11(8-10)9-13(15)14(2)6-7-14/h4-5,8,13,15H,6-7,9H2,1-3H3. The van der Waals surface area contributed by atoms with Gasteiger partial charge in [-0.1, -0.05) is 24.6 Å². The summed E-state index contributed by atoms with van der Waals surface area (Å²) in [5.74, 6) is 0.883. The summed E-state index contributed by atoms with van der Waals surface area (Å²) in [6.45, 7) is 4.22. The van der Waals surface area contributed by atoms with Crippen molar-refractivity contribution >= 4 is 0 Å². The van der Waals surface area contributed by atoms with Gasteiger partial charge < -0.3 is 9.84 Å². The van der Waals surface area contributed by atoms with Gasteiger partial charge in [0.1, 0.15) is 5.75 Å². The second-order valence-electron chi connectivity index (χ2n) is 5.19. The van der Waals surface area contributed by atoms with E-state index in [0.717, 1.165) is 24.2 Å². The van der Waals surface area contributed by atoms with Crippen LogP contribution in [-0.4, -0.2) is 18.3 Å². The van der Waals surface area contributed by atoms with Crippen LogP contribution >= 0.6 is 0 Å². The molecule has 1 saturated carbocycles. The van der Waals surface area contributed by atoms with Crippen molar-refractivity contribution in [1.82, 2.24) is 0 Å². The molecule has 2 rings (SSSR count). The van der Waals surface area contributed by atoms with Crippen molar-refractivity contribution in [2.24, 2.45) is 5.41 Å². The molecule has 2 heteroatoms. The molecule has 1 atom stereocenters. The lowest BCUT2D eigenvalue weighted by atomic mass is 9.94. The molecule has 0 heterocycles. The Morgan fingerprint density at radius 3 is 2.69 bits per heavy atom. The fourth-order valence-electron chi connectivity index (χ4n) is 2.05. The molecule has 16 heavy (non-hydrogen) atoms. The van der Waals surface area contributed by atoms with Crippen LogP contribution in [0.25, 0.3) is 0 Å². The van der Waals surface area contributed by atoms with Gasteiger partial charge in [0.2, 0.25) is 0 Å². The van der Waals surface area contributed by atoms with E-state index in [1.165, 1.54) is 5.56 Å². The molecule has 1 aromatic carbocycles. The predicted octanol–water partition coefficient (Wildman–Crippen LogP) is 2.71. The first-order valence-corrected chi connectivity index (χ1v) is 5.87. The zero-order valence-corrected chi connectivity index (χ0v) is 10.3. The minimum Gasteiger partial charge on any atom is -0.496 e. The summed E-state index contributed by atoms with van der Waals surface area (Å²) >= 11 is 0. The molecule has 0 aromatic heterocycles. The van der Waals surface area contributed by atoms with Gasteiger partial charge in [0.05, 0.1) is 13.2 Å². The summed E-state index contributed by atoms with van der Waals surface area (Å²) in [5, 5.41) is 10.2. The van der Waals surface area contributed by atoms with Crippen LogP contribution in [0.5, 0.6) is 5.75 Å². The van der Waals surface area contributed by atoms with Gasteiger partial charge in [-0.3, -0.25) is 0 Å². The van der Waals surface area contributed by atoms with Crippen LogP contribution in [0.2, 0.25) is 0 Å².